The van der Waals surface area contributed by atoms with Crippen molar-refractivity contribution in [1.82, 2.24) is 5.32 Å². The van der Waals surface area contributed by atoms with Gasteiger partial charge in [-0.2, -0.15) is 0 Å². The first-order chi connectivity index (χ1) is 12.0. The van der Waals surface area contributed by atoms with Gasteiger partial charge in [0, 0.05) is 11.6 Å². The molecule has 0 heterocycles. The lowest BCUT2D eigenvalue weighted by Gasteiger charge is -2.15. The van der Waals surface area contributed by atoms with E-state index in [2.05, 4.69) is 5.32 Å². The maximum atomic E-state index is 12.1. The molecule has 1 atom stereocenters. The number of nitrogens with one attached hydrogen (secondary N) is 1. The van der Waals surface area contributed by atoms with Crippen LogP contribution < -0.4 is 10.1 Å². The first kappa shape index (κ1) is 18.8. The molecule has 0 spiro atoms. The predicted molar refractivity (Wildman–Crippen MR) is 96.0 cm³/mol. The molecular formula is C19H20ClNO4. The Morgan fingerprint density at radius 2 is 1.76 bits per heavy atom. The summed E-state index contributed by atoms with van der Waals surface area (Å²) < 4.78 is 5.25. The summed E-state index contributed by atoms with van der Waals surface area (Å²) in [6.45, 7) is 0.0384. The number of hydrogen-bond acceptors (Lipinski definition) is 3. The largest absolute Gasteiger partial charge is 0.496 e. The molecule has 0 bridgehead atoms. The van der Waals surface area contributed by atoms with E-state index in [1.807, 2.05) is 18.2 Å². The third-order valence-electron chi connectivity index (χ3n) is 3.86. The molecule has 2 aromatic carbocycles. The Morgan fingerprint density at radius 1 is 1.12 bits per heavy atom. The van der Waals surface area contributed by atoms with Gasteiger partial charge >= 0.3 is 5.97 Å². The number of benzene rings is 2. The van der Waals surface area contributed by atoms with Gasteiger partial charge in [0.15, 0.2) is 0 Å². The number of carboxylic acids is 1. The maximum Gasteiger partial charge on any atom is 0.308 e. The zero-order valence-electron chi connectivity index (χ0n) is 13.9. The lowest BCUT2D eigenvalue weighted by molar-refractivity contribution is -0.141. The third kappa shape index (κ3) is 5.50. The minimum atomic E-state index is -0.969. The fourth-order valence-corrected chi connectivity index (χ4v) is 2.70. The maximum absolute atomic E-state index is 12.1. The van der Waals surface area contributed by atoms with Crippen LogP contribution in [0.1, 0.15) is 11.1 Å². The van der Waals surface area contributed by atoms with Gasteiger partial charge in [-0.1, -0.05) is 48.0 Å². The van der Waals surface area contributed by atoms with E-state index in [1.165, 1.54) is 0 Å². The normalized spacial score (nSPS) is 11.6. The number of hydrogen-bond donors (Lipinski definition) is 2. The van der Waals surface area contributed by atoms with Crippen LogP contribution in [0.4, 0.5) is 0 Å². The van der Waals surface area contributed by atoms with Crippen LogP contribution in [-0.2, 0) is 22.4 Å². The molecule has 0 aliphatic rings. The van der Waals surface area contributed by atoms with Crippen molar-refractivity contribution in [3.8, 4) is 5.75 Å². The molecule has 1 unspecified atom stereocenters. The molecule has 2 N–H and O–H groups in total. The van der Waals surface area contributed by atoms with E-state index in [-0.39, 0.29) is 25.3 Å². The molecule has 2 aromatic rings. The van der Waals surface area contributed by atoms with E-state index in [0.29, 0.717) is 16.3 Å². The molecule has 0 radical (unpaired) electrons. The number of para-hydroxylation sites is 1. The van der Waals surface area contributed by atoms with E-state index in [0.717, 1.165) is 5.56 Å². The molecule has 0 fully saturated rings. The Kier molecular flexibility index (Phi) is 6.83. The molecule has 0 saturated carbocycles. The summed E-state index contributed by atoms with van der Waals surface area (Å²) in [5, 5.41) is 12.6. The van der Waals surface area contributed by atoms with Crippen molar-refractivity contribution in [2.24, 2.45) is 5.92 Å². The fourth-order valence-electron chi connectivity index (χ4n) is 2.50. The standard InChI is InChI=1S/C19H20ClNO4/c1-25-17-9-5-3-7-14(17)10-15(19(23)24)12-21-18(22)11-13-6-2-4-8-16(13)20/h2-9,15H,10-12H2,1H3,(H,21,22)(H,23,24). The Balaban J connectivity index is 1.96. The van der Waals surface area contributed by atoms with Crippen molar-refractivity contribution >= 4 is 23.5 Å². The number of amides is 1. The second-order valence-electron chi connectivity index (χ2n) is 5.62. The van der Waals surface area contributed by atoms with Crippen LogP contribution in [0.3, 0.4) is 0 Å². The van der Waals surface area contributed by atoms with E-state index in [1.54, 1.807) is 37.4 Å². The summed E-state index contributed by atoms with van der Waals surface area (Å²) >= 11 is 6.03. The number of carboxylic acid groups (broad SMARTS) is 1. The zero-order valence-corrected chi connectivity index (χ0v) is 14.6. The van der Waals surface area contributed by atoms with Gasteiger partial charge in [-0.25, -0.2) is 0 Å². The van der Waals surface area contributed by atoms with Crippen molar-refractivity contribution in [3.05, 3.63) is 64.7 Å². The van der Waals surface area contributed by atoms with Crippen molar-refractivity contribution in [1.29, 1.82) is 0 Å². The Hall–Kier alpha value is -2.53. The van der Waals surface area contributed by atoms with Gasteiger partial charge in [-0.05, 0) is 29.7 Å². The molecule has 2 rings (SSSR count). The van der Waals surface area contributed by atoms with Crippen LogP contribution >= 0.6 is 11.6 Å². The van der Waals surface area contributed by atoms with Gasteiger partial charge in [0.2, 0.25) is 5.91 Å². The summed E-state index contributed by atoms with van der Waals surface area (Å²) in [7, 11) is 1.54. The molecule has 132 valence electrons. The highest BCUT2D eigenvalue weighted by molar-refractivity contribution is 6.31. The average molecular weight is 362 g/mol. The van der Waals surface area contributed by atoms with Crippen molar-refractivity contribution in [2.45, 2.75) is 12.8 Å². The van der Waals surface area contributed by atoms with Crippen LogP contribution in [0.25, 0.3) is 0 Å². The van der Waals surface area contributed by atoms with E-state index >= 15 is 0 Å². The fraction of sp³-hybridized carbons (Fsp3) is 0.263. The first-order valence-corrected chi connectivity index (χ1v) is 8.24. The monoisotopic (exact) mass is 361 g/mol. The quantitative estimate of drug-likeness (QED) is 0.758. The lowest BCUT2D eigenvalue weighted by atomic mass is 9.98. The van der Waals surface area contributed by atoms with Crippen molar-refractivity contribution in [2.75, 3.05) is 13.7 Å². The molecule has 0 aromatic heterocycles. The highest BCUT2D eigenvalue weighted by atomic mass is 35.5. The number of halogens is 1. The number of ether oxygens (including phenoxy) is 1. The molecular weight excluding hydrogens is 342 g/mol. The van der Waals surface area contributed by atoms with Crippen LogP contribution in [0.2, 0.25) is 5.02 Å². The van der Waals surface area contributed by atoms with Crippen LogP contribution in [-0.4, -0.2) is 30.6 Å². The zero-order chi connectivity index (χ0) is 18.2. The van der Waals surface area contributed by atoms with Gasteiger partial charge in [0.05, 0.1) is 19.4 Å². The number of rotatable bonds is 8. The second-order valence-corrected chi connectivity index (χ2v) is 6.03. The topological polar surface area (TPSA) is 75.6 Å². The summed E-state index contributed by atoms with van der Waals surface area (Å²) in [6.07, 6.45) is 0.381. The third-order valence-corrected chi connectivity index (χ3v) is 4.23. The lowest BCUT2D eigenvalue weighted by Crippen LogP contribution is -2.35. The number of carbonyl (C=O) groups excluding carboxylic acids is 1. The Labute approximate surface area is 151 Å². The molecule has 0 saturated heterocycles. The van der Waals surface area contributed by atoms with Gasteiger partial charge in [0.25, 0.3) is 0 Å². The highest BCUT2D eigenvalue weighted by Gasteiger charge is 2.21. The number of aliphatic carboxylic acids is 1. The van der Waals surface area contributed by atoms with Gasteiger partial charge < -0.3 is 15.2 Å². The molecule has 0 aliphatic heterocycles. The molecule has 1 amide bonds. The molecule has 6 heteroatoms. The highest BCUT2D eigenvalue weighted by Crippen LogP contribution is 2.21. The van der Waals surface area contributed by atoms with Crippen molar-refractivity contribution < 1.29 is 19.4 Å². The number of methoxy groups -OCH3 is 1. The van der Waals surface area contributed by atoms with E-state index in [9.17, 15) is 14.7 Å². The van der Waals surface area contributed by atoms with E-state index in [4.69, 9.17) is 16.3 Å². The Bertz CT molecular complexity index is 748. The minimum absolute atomic E-state index is 0.0384. The minimum Gasteiger partial charge on any atom is -0.496 e. The SMILES string of the molecule is COc1ccccc1CC(CNC(=O)Cc1ccccc1Cl)C(=O)O. The van der Waals surface area contributed by atoms with Crippen LogP contribution in [0.5, 0.6) is 5.75 Å². The van der Waals surface area contributed by atoms with Gasteiger partial charge in [-0.15, -0.1) is 0 Å². The number of carbonyl (C=O) groups is 2. The summed E-state index contributed by atoms with van der Waals surface area (Å²) in [6, 6.07) is 14.3. The summed E-state index contributed by atoms with van der Waals surface area (Å²) in [5.41, 5.74) is 1.50. The summed E-state index contributed by atoms with van der Waals surface area (Å²) in [5.74, 6) is -1.34. The van der Waals surface area contributed by atoms with Crippen LogP contribution in [0.15, 0.2) is 48.5 Å². The second kappa shape index (κ2) is 9.08. The van der Waals surface area contributed by atoms with Gasteiger partial charge in [-0.3, -0.25) is 9.59 Å². The summed E-state index contributed by atoms with van der Waals surface area (Å²) in [4.78, 5) is 23.6. The Morgan fingerprint density at radius 3 is 2.40 bits per heavy atom. The van der Waals surface area contributed by atoms with Gasteiger partial charge in [0.1, 0.15) is 5.75 Å². The molecule has 5 nitrogen and oxygen atoms in total. The average Bonchev–Trinajstić information content (AvgIpc) is 2.60. The molecule has 0 aliphatic carbocycles. The molecule has 25 heavy (non-hydrogen) atoms. The van der Waals surface area contributed by atoms with Crippen molar-refractivity contribution in [3.63, 3.8) is 0 Å². The van der Waals surface area contributed by atoms with Crippen LogP contribution in [0, 0.1) is 5.92 Å². The predicted octanol–water partition coefficient (Wildman–Crippen LogP) is 2.95. The first-order valence-electron chi connectivity index (χ1n) is 7.86. The van der Waals surface area contributed by atoms with E-state index < -0.39 is 11.9 Å². The smallest absolute Gasteiger partial charge is 0.308 e.